The van der Waals surface area contributed by atoms with Crippen molar-refractivity contribution in [3.8, 4) is 0 Å². The molecule has 5 aliphatic rings. The van der Waals surface area contributed by atoms with Crippen molar-refractivity contribution in [3.63, 3.8) is 0 Å². The van der Waals surface area contributed by atoms with Crippen LogP contribution in [0.1, 0.15) is 78.6 Å². The van der Waals surface area contributed by atoms with E-state index >= 15 is 0 Å². The molecule has 26 heavy (non-hydrogen) atoms. The minimum Gasteiger partial charge on any atom is -0.393 e. The van der Waals surface area contributed by atoms with E-state index in [2.05, 4.69) is 20.8 Å². The standard InChI is InChI=1S/C23H38O3/c1-21-11-5-4-6-15(21)7-8-16-17-9-10-19(23(3)25-12-13-26-23)22(17,2)14-18(24)20(16)21/h15-20,24H,4-14H2,1-3H3/t15-,16+,17-,18+,19-,20+,21+,22+/m1/s1. The minimum atomic E-state index is -0.429. The highest BCUT2D eigenvalue weighted by Crippen LogP contribution is 2.69. The highest BCUT2D eigenvalue weighted by molar-refractivity contribution is 5.13. The second-order valence-electron chi connectivity index (χ2n) is 10.9. The van der Waals surface area contributed by atoms with Gasteiger partial charge in [0.2, 0.25) is 0 Å². The van der Waals surface area contributed by atoms with Crippen LogP contribution in [0.3, 0.4) is 0 Å². The lowest BCUT2D eigenvalue weighted by Gasteiger charge is -2.62. The molecule has 4 saturated carbocycles. The Kier molecular flexibility index (Phi) is 4.10. The number of aliphatic hydroxyl groups excluding tert-OH is 1. The van der Waals surface area contributed by atoms with E-state index in [1.54, 1.807) is 0 Å². The Balaban J connectivity index is 1.47. The molecule has 0 amide bonds. The van der Waals surface area contributed by atoms with Crippen LogP contribution in [-0.4, -0.2) is 30.2 Å². The molecule has 4 aliphatic carbocycles. The Morgan fingerprint density at radius 3 is 2.38 bits per heavy atom. The Hall–Kier alpha value is -0.120. The molecule has 1 saturated heterocycles. The van der Waals surface area contributed by atoms with Crippen LogP contribution in [0.2, 0.25) is 0 Å². The summed E-state index contributed by atoms with van der Waals surface area (Å²) in [6.07, 6.45) is 11.6. The van der Waals surface area contributed by atoms with Crippen molar-refractivity contribution >= 4 is 0 Å². The van der Waals surface area contributed by atoms with E-state index in [1.165, 1.54) is 51.4 Å². The molecule has 8 atom stereocenters. The fourth-order valence-electron chi connectivity index (χ4n) is 9.01. The van der Waals surface area contributed by atoms with Gasteiger partial charge in [-0.25, -0.2) is 0 Å². The average molecular weight is 363 g/mol. The molecular weight excluding hydrogens is 324 g/mol. The van der Waals surface area contributed by atoms with Gasteiger partial charge in [0.1, 0.15) is 0 Å². The maximum Gasteiger partial charge on any atom is 0.169 e. The summed E-state index contributed by atoms with van der Waals surface area (Å²) >= 11 is 0. The Morgan fingerprint density at radius 2 is 1.62 bits per heavy atom. The molecule has 3 nitrogen and oxygen atoms in total. The molecular formula is C23H38O3. The molecule has 0 unspecified atom stereocenters. The Morgan fingerprint density at radius 1 is 0.846 bits per heavy atom. The number of rotatable bonds is 1. The third-order valence-electron chi connectivity index (χ3n) is 10.0. The zero-order valence-corrected chi connectivity index (χ0v) is 17.0. The summed E-state index contributed by atoms with van der Waals surface area (Å²) in [4.78, 5) is 0. The molecule has 5 rings (SSSR count). The van der Waals surface area contributed by atoms with Crippen LogP contribution >= 0.6 is 0 Å². The van der Waals surface area contributed by atoms with Crippen LogP contribution in [-0.2, 0) is 9.47 Å². The summed E-state index contributed by atoms with van der Waals surface area (Å²) in [6.45, 7) is 8.61. The van der Waals surface area contributed by atoms with Gasteiger partial charge in [-0.15, -0.1) is 0 Å². The van der Waals surface area contributed by atoms with Crippen molar-refractivity contribution in [2.75, 3.05) is 13.2 Å². The highest BCUT2D eigenvalue weighted by atomic mass is 16.7. The predicted octanol–water partition coefficient (Wildman–Crippen LogP) is 4.77. The van der Waals surface area contributed by atoms with Crippen LogP contribution in [0.5, 0.6) is 0 Å². The van der Waals surface area contributed by atoms with Crippen LogP contribution < -0.4 is 0 Å². The normalized spacial score (nSPS) is 55.8. The molecule has 0 aromatic rings. The molecule has 0 bridgehead atoms. The topological polar surface area (TPSA) is 38.7 Å². The van der Waals surface area contributed by atoms with Gasteiger partial charge in [-0.3, -0.25) is 0 Å². The summed E-state index contributed by atoms with van der Waals surface area (Å²) in [5.74, 6) is 2.82. The van der Waals surface area contributed by atoms with Gasteiger partial charge in [-0.05, 0) is 86.4 Å². The van der Waals surface area contributed by atoms with Gasteiger partial charge in [0.05, 0.1) is 19.3 Å². The lowest BCUT2D eigenvalue weighted by atomic mass is 9.44. The zero-order valence-electron chi connectivity index (χ0n) is 17.0. The van der Waals surface area contributed by atoms with E-state index in [1.807, 2.05) is 0 Å². The van der Waals surface area contributed by atoms with E-state index in [9.17, 15) is 5.11 Å². The summed E-state index contributed by atoms with van der Waals surface area (Å²) < 4.78 is 12.2. The van der Waals surface area contributed by atoms with Gasteiger partial charge in [0.15, 0.2) is 5.79 Å². The molecule has 1 heterocycles. The maximum absolute atomic E-state index is 11.5. The first-order valence-electron chi connectivity index (χ1n) is 11.3. The zero-order chi connectivity index (χ0) is 18.2. The second-order valence-corrected chi connectivity index (χ2v) is 10.9. The molecule has 1 N–H and O–H groups in total. The lowest BCUT2D eigenvalue weighted by molar-refractivity contribution is -0.231. The monoisotopic (exact) mass is 362 g/mol. The smallest absolute Gasteiger partial charge is 0.169 e. The fourth-order valence-corrected chi connectivity index (χ4v) is 9.01. The third kappa shape index (κ3) is 2.29. The highest BCUT2D eigenvalue weighted by Gasteiger charge is 2.65. The van der Waals surface area contributed by atoms with Crippen molar-refractivity contribution in [2.24, 2.45) is 40.4 Å². The molecule has 148 valence electrons. The summed E-state index contributed by atoms with van der Waals surface area (Å²) in [5, 5.41) is 11.5. The molecule has 3 heteroatoms. The number of hydrogen-bond acceptors (Lipinski definition) is 3. The van der Waals surface area contributed by atoms with Crippen LogP contribution in [0, 0.1) is 40.4 Å². The molecule has 0 radical (unpaired) electrons. The first kappa shape index (κ1) is 17.9. The van der Waals surface area contributed by atoms with Gasteiger partial charge < -0.3 is 14.6 Å². The third-order valence-corrected chi connectivity index (χ3v) is 10.0. The van der Waals surface area contributed by atoms with Crippen LogP contribution in [0.25, 0.3) is 0 Å². The fraction of sp³-hybridized carbons (Fsp3) is 1.00. The minimum absolute atomic E-state index is 0.141. The van der Waals surface area contributed by atoms with E-state index in [-0.39, 0.29) is 11.5 Å². The van der Waals surface area contributed by atoms with Crippen molar-refractivity contribution in [1.29, 1.82) is 0 Å². The van der Waals surface area contributed by atoms with E-state index in [0.717, 1.165) is 31.5 Å². The quantitative estimate of drug-likeness (QED) is 0.730. The predicted molar refractivity (Wildman–Crippen MR) is 102 cm³/mol. The SMILES string of the molecule is CC1([C@@H]2CC[C@@H]3[C@@H]4CC[C@H]5CCCC[C@]5(C)[C@@H]4[C@@H](O)C[C@@]32C)OCCO1. The summed E-state index contributed by atoms with van der Waals surface area (Å²) in [6, 6.07) is 0. The molecule has 5 fully saturated rings. The van der Waals surface area contributed by atoms with Gasteiger partial charge >= 0.3 is 0 Å². The Labute approximate surface area is 159 Å². The van der Waals surface area contributed by atoms with Gasteiger partial charge in [0, 0.05) is 5.92 Å². The molecule has 0 spiro atoms. The van der Waals surface area contributed by atoms with Gasteiger partial charge in [0.25, 0.3) is 0 Å². The van der Waals surface area contributed by atoms with E-state index in [4.69, 9.17) is 9.47 Å². The first-order chi connectivity index (χ1) is 12.4. The average Bonchev–Trinajstić information content (AvgIpc) is 3.17. The Bertz CT molecular complexity index is 556. The molecule has 1 aliphatic heterocycles. The second kappa shape index (κ2) is 5.94. The van der Waals surface area contributed by atoms with Crippen LogP contribution in [0.15, 0.2) is 0 Å². The van der Waals surface area contributed by atoms with Crippen molar-refractivity contribution in [1.82, 2.24) is 0 Å². The number of hydrogen-bond donors (Lipinski definition) is 1. The van der Waals surface area contributed by atoms with Crippen molar-refractivity contribution in [3.05, 3.63) is 0 Å². The number of aliphatic hydroxyl groups is 1. The van der Waals surface area contributed by atoms with Crippen LogP contribution in [0.4, 0.5) is 0 Å². The first-order valence-corrected chi connectivity index (χ1v) is 11.3. The summed E-state index contributed by atoms with van der Waals surface area (Å²) in [7, 11) is 0. The van der Waals surface area contributed by atoms with Crippen molar-refractivity contribution in [2.45, 2.75) is 90.4 Å². The van der Waals surface area contributed by atoms with Gasteiger partial charge in [-0.2, -0.15) is 0 Å². The van der Waals surface area contributed by atoms with Gasteiger partial charge in [-0.1, -0.05) is 26.7 Å². The largest absolute Gasteiger partial charge is 0.393 e. The molecule has 0 aromatic carbocycles. The van der Waals surface area contributed by atoms with E-state index < -0.39 is 5.79 Å². The number of fused-ring (bicyclic) bond motifs is 5. The van der Waals surface area contributed by atoms with Crippen molar-refractivity contribution < 1.29 is 14.6 Å². The lowest BCUT2D eigenvalue weighted by Crippen LogP contribution is -2.59. The van der Waals surface area contributed by atoms with E-state index in [0.29, 0.717) is 23.2 Å². The summed E-state index contributed by atoms with van der Waals surface area (Å²) in [5.41, 5.74) is 0.543. The maximum atomic E-state index is 11.5. The molecule has 0 aromatic heterocycles. The number of ether oxygens (including phenoxy) is 2.